The van der Waals surface area contributed by atoms with Crippen molar-refractivity contribution in [2.45, 2.75) is 39.4 Å². The standard InChI is InChI=1S/C23H22F3N7.Na.H/c1-3-6-17-14(2)28-22(23(24,25)26)29-20(17)27-13-15-9-11-16(12-10-15)18-7-4-5-8-19(18)21-30-32-33-31-21;;/h4-5,7-12H,3,6,13H2,1-2H3,(H,27,28,29)(H,30,31,32,33);;. The molecule has 11 heteroatoms. The molecule has 0 spiro atoms. The second-order valence-corrected chi connectivity index (χ2v) is 7.55. The van der Waals surface area contributed by atoms with E-state index in [-0.39, 0.29) is 35.4 Å². The second-order valence-electron chi connectivity index (χ2n) is 7.55. The number of aromatic nitrogens is 6. The molecule has 0 atom stereocenters. The van der Waals surface area contributed by atoms with Crippen LogP contribution in [0.1, 0.15) is 36.0 Å². The number of nitrogens with zero attached hydrogens (tertiary/aromatic N) is 5. The van der Waals surface area contributed by atoms with Gasteiger partial charge in [0.25, 0.3) is 0 Å². The van der Waals surface area contributed by atoms with Crippen LogP contribution in [0.5, 0.6) is 0 Å². The van der Waals surface area contributed by atoms with Gasteiger partial charge in [0.15, 0.2) is 5.82 Å². The van der Waals surface area contributed by atoms with Crippen LogP contribution >= 0.6 is 0 Å². The van der Waals surface area contributed by atoms with Gasteiger partial charge < -0.3 is 5.32 Å². The molecule has 172 valence electrons. The van der Waals surface area contributed by atoms with E-state index in [0.717, 1.165) is 28.7 Å². The molecular weight excluding hydrogens is 454 g/mol. The summed E-state index contributed by atoms with van der Waals surface area (Å²) in [5.74, 6) is -0.334. The van der Waals surface area contributed by atoms with Crippen LogP contribution in [0, 0.1) is 6.92 Å². The molecule has 34 heavy (non-hydrogen) atoms. The van der Waals surface area contributed by atoms with Crippen LogP contribution in [0.4, 0.5) is 19.0 Å². The Labute approximate surface area is 216 Å². The summed E-state index contributed by atoms with van der Waals surface area (Å²) in [5.41, 5.74) is 4.75. The fraction of sp³-hybridized carbons (Fsp3) is 0.261. The number of aromatic amines is 1. The number of rotatable bonds is 7. The zero-order valence-electron chi connectivity index (χ0n) is 18.1. The molecule has 2 aromatic carbocycles. The first-order valence-electron chi connectivity index (χ1n) is 10.5. The molecule has 0 unspecified atom stereocenters. The SMILES string of the molecule is CCCc1c(C)nc(C(F)(F)F)nc1NCc1ccc(-c2ccccc2-c2nnn[nH]2)cc1.[NaH]. The van der Waals surface area contributed by atoms with Crippen molar-refractivity contribution in [3.63, 3.8) is 0 Å². The Morgan fingerprint density at radius 1 is 0.971 bits per heavy atom. The Morgan fingerprint density at radius 2 is 1.68 bits per heavy atom. The molecule has 0 saturated carbocycles. The Balaban J connectivity index is 0.00000324. The predicted octanol–water partition coefficient (Wildman–Crippen LogP) is 4.57. The third-order valence-corrected chi connectivity index (χ3v) is 5.22. The molecule has 7 nitrogen and oxygen atoms in total. The first-order chi connectivity index (χ1) is 15.9. The van der Waals surface area contributed by atoms with Gasteiger partial charge in [-0.3, -0.25) is 0 Å². The summed E-state index contributed by atoms with van der Waals surface area (Å²) in [4.78, 5) is 7.43. The second kappa shape index (κ2) is 11.1. The van der Waals surface area contributed by atoms with Crippen LogP contribution in [0.3, 0.4) is 0 Å². The number of anilines is 1. The van der Waals surface area contributed by atoms with E-state index < -0.39 is 12.0 Å². The molecule has 0 radical (unpaired) electrons. The Bertz CT molecular complexity index is 1230. The Hall–Kier alpha value is -2.82. The number of H-pyrrole nitrogens is 1. The van der Waals surface area contributed by atoms with Crippen molar-refractivity contribution in [1.29, 1.82) is 0 Å². The van der Waals surface area contributed by atoms with Crippen molar-refractivity contribution < 1.29 is 13.2 Å². The van der Waals surface area contributed by atoms with Gasteiger partial charge in [-0.15, -0.1) is 5.10 Å². The Kier molecular flexibility index (Phi) is 8.40. The molecule has 2 N–H and O–H groups in total. The molecule has 0 amide bonds. The fourth-order valence-corrected chi connectivity index (χ4v) is 3.62. The third-order valence-electron chi connectivity index (χ3n) is 5.22. The van der Waals surface area contributed by atoms with Gasteiger partial charge in [-0.1, -0.05) is 61.9 Å². The Morgan fingerprint density at radius 3 is 2.29 bits per heavy atom. The summed E-state index contributed by atoms with van der Waals surface area (Å²) in [5, 5.41) is 17.1. The monoisotopic (exact) mass is 477 g/mol. The van der Waals surface area contributed by atoms with E-state index in [1.807, 2.05) is 55.5 Å². The van der Waals surface area contributed by atoms with Gasteiger partial charge in [0.05, 0.1) is 0 Å². The van der Waals surface area contributed by atoms with Crippen molar-refractivity contribution in [3.8, 4) is 22.5 Å². The van der Waals surface area contributed by atoms with E-state index in [2.05, 4.69) is 35.9 Å². The molecule has 0 saturated heterocycles. The van der Waals surface area contributed by atoms with Crippen LogP contribution in [-0.4, -0.2) is 60.1 Å². The minimum atomic E-state index is -4.60. The van der Waals surface area contributed by atoms with Crippen molar-refractivity contribution in [3.05, 3.63) is 71.2 Å². The summed E-state index contributed by atoms with van der Waals surface area (Å²) in [6.45, 7) is 3.88. The molecule has 2 heterocycles. The molecular formula is C23H23F3N7Na. The summed E-state index contributed by atoms with van der Waals surface area (Å²) < 4.78 is 39.6. The topological polar surface area (TPSA) is 92.3 Å². The van der Waals surface area contributed by atoms with Crippen molar-refractivity contribution >= 4 is 35.4 Å². The zero-order chi connectivity index (χ0) is 23.4. The van der Waals surface area contributed by atoms with Crippen molar-refractivity contribution in [2.24, 2.45) is 0 Å². The number of aryl methyl sites for hydroxylation is 1. The summed E-state index contributed by atoms with van der Waals surface area (Å²) in [7, 11) is 0. The van der Waals surface area contributed by atoms with E-state index in [1.54, 1.807) is 6.92 Å². The van der Waals surface area contributed by atoms with Gasteiger partial charge in [0, 0.05) is 23.4 Å². The fourth-order valence-electron chi connectivity index (χ4n) is 3.62. The minimum absolute atomic E-state index is 0. The maximum absolute atomic E-state index is 13.2. The van der Waals surface area contributed by atoms with Crippen LogP contribution in [0.2, 0.25) is 0 Å². The third kappa shape index (κ3) is 5.81. The number of benzene rings is 2. The van der Waals surface area contributed by atoms with Crippen LogP contribution in [0.15, 0.2) is 48.5 Å². The maximum atomic E-state index is 13.2. The van der Waals surface area contributed by atoms with Crippen LogP contribution in [-0.2, 0) is 19.1 Å². The number of halogens is 3. The average molecular weight is 477 g/mol. The van der Waals surface area contributed by atoms with Gasteiger partial charge in [-0.25, -0.2) is 15.1 Å². The average Bonchev–Trinajstić information content (AvgIpc) is 3.34. The van der Waals surface area contributed by atoms with Gasteiger partial charge in [0.2, 0.25) is 5.82 Å². The van der Waals surface area contributed by atoms with Gasteiger partial charge in [-0.05, 0) is 40.5 Å². The first-order valence-corrected chi connectivity index (χ1v) is 10.5. The molecule has 0 aliphatic heterocycles. The van der Waals surface area contributed by atoms with E-state index in [4.69, 9.17) is 0 Å². The molecule has 0 bridgehead atoms. The molecule has 4 rings (SSSR count). The quantitative estimate of drug-likeness (QED) is 0.379. The molecule has 0 fully saturated rings. The van der Waals surface area contributed by atoms with E-state index in [0.29, 0.717) is 30.0 Å². The molecule has 0 aliphatic rings. The summed E-state index contributed by atoms with van der Waals surface area (Å²) in [6, 6.07) is 15.5. The molecule has 2 aromatic heterocycles. The number of hydrogen-bond donors (Lipinski definition) is 2. The number of alkyl halides is 3. The normalized spacial score (nSPS) is 11.2. The number of tetrazole rings is 1. The van der Waals surface area contributed by atoms with Gasteiger partial charge in [-0.2, -0.15) is 13.2 Å². The van der Waals surface area contributed by atoms with E-state index in [9.17, 15) is 13.2 Å². The van der Waals surface area contributed by atoms with Crippen molar-refractivity contribution in [1.82, 2.24) is 30.6 Å². The number of nitrogens with one attached hydrogen (secondary N) is 2. The number of hydrogen-bond acceptors (Lipinski definition) is 6. The van der Waals surface area contributed by atoms with Gasteiger partial charge in [0.1, 0.15) is 5.82 Å². The summed E-state index contributed by atoms with van der Waals surface area (Å²) >= 11 is 0. The zero-order valence-corrected chi connectivity index (χ0v) is 18.1. The van der Waals surface area contributed by atoms with Crippen LogP contribution in [0.25, 0.3) is 22.5 Å². The summed E-state index contributed by atoms with van der Waals surface area (Å²) in [6.07, 6.45) is -3.22. The first kappa shape index (κ1) is 25.8. The van der Waals surface area contributed by atoms with E-state index >= 15 is 0 Å². The molecule has 4 aromatic rings. The van der Waals surface area contributed by atoms with Crippen molar-refractivity contribution in [2.75, 3.05) is 5.32 Å². The molecule has 0 aliphatic carbocycles. The van der Waals surface area contributed by atoms with Gasteiger partial charge >= 0.3 is 35.7 Å². The van der Waals surface area contributed by atoms with E-state index in [1.165, 1.54) is 0 Å². The predicted molar refractivity (Wildman–Crippen MR) is 125 cm³/mol. The van der Waals surface area contributed by atoms with Crippen LogP contribution < -0.4 is 5.32 Å².